The third kappa shape index (κ3) is 3.03. The predicted molar refractivity (Wildman–Crippen MR) is 74.4 cm³/mol. The molecule has 1 saturated heterocycles. The van der Waals surface area contributed by atoms with Crippen LogP contribution in [0, 0.1) is 0 Å². The van der Waals surface area contributed by atoms with E-state index in [0.717, 1.165) is 6.04 Å². The molecule has 2 heteroatoms. The van der Waals surface area contributed by atoms with E-state index in [4.69, 9.17) is 0 Å². The Labute approximate surface area is 107 Å². The summed E-state index contributed by atoms with van der Waals surface area (Å²) >= 11 is 0. The average Bonchev–Trinajstić information content (AvgIpc) is 2.26. The molecule has 1 aliphatic carbocycles. The van der Waals surface area contributed by atoms with Crippen molar-refractivity contribution in [1.29, 1.82) is 0 Å². The van der Waals surface area contributed by atoms with Gasteiger partial charge in [0.1, 0.15) is 0 Å². The molecule has 0 radical (unpaired) electrons. The van der Waals surface area contributed by atoms with Crippen LogP contribution in [-0.2, 0) is 0 Å². The van der Waals surface area contributed by atoms with Crippen LogP contribution in [-0.4, -0.2) is 35.1 Å². The first kappa shape index (κ1) is 13.4. The Hall–Kier alpha value is -0.0800. The molecule has 1 aliphatic heterocycles. The fraction of sp³-hybridized carbons (Fsp3) is 1.00. The Balaban J connectivity index is 2.12. The van der Waals surface area contributed by atoms with Gasteiger partial charge in [0, 0.05) is 30.2 Å². The summed E-state index contributed by atoms with van der Waals surface area (Å²) in [6.07, 6.45) is 8.29. The van der Waals surface area contributed by atoms with E-state index in [2.05, 4.69) is 37.9 Å². The molecule has 2 nitrogen and oxygen atoms in total. The molecular formula is C15H30N2. The molecule has 1 heterocycles. The Kier molecular flexibility index (Phi) is 3.84. The van der Waals surface area contributed by atoms with Gasteiger partial charge in [0.25, 0.3) is 0 Å². The van der Waals surface area contributed by atoms with Gasteiger partial charge in [0.2, 0.25) is 0 Å². The Morgan fingerprint density at radius 1 is 1.12 bits per heavy atom. The number of nitrogens with one attached hydrogen (secondary N) is 1. The second kappa shape index (κ2) is 4.89. The summed E-state index contributed by atoms with van der Waals surface area (Å²) in [6, 6.07) is 0.732. The molecular weight excluding hydrogens is 208 g/mol. The van der Waals surface area contributed by atoms with Crippen molar-refractivity contribution in [3.8, 4) is 0 Å². The van der Waals surface area contributed by atoms with Gasteiger partial charge in [-0.2, -0.15) is 0 Å². The lowest BCUT2D eigenvalue weighted by molar-refractivity contribution is 0.0157. The third-order valence-electron chi connectivity index (χ3n) is 4.73. The minimum absolute atomic E-state index is 0.277. The highest BCUT2D eigenvalue weighted by Gasteiger charge is 2.43. The normalized spacial score (nSPS) is 30.4. The maximum atomic E-state index is 3.98. The average molecular weight is 238 g/mol. The van der Waals surface area contributed by atoms with Crippen LogP contribution < -0.4 is 5.32 Å². The highest BCUT2D eigenvalue weighted by atomic mass is 15.3. The summed E-state index contributed by atoms with van der Waals surface area (Å²) in [6.45, 7) is 11.9. The van der Waals surface area contributed by atoms with E-state index in [9.17, 15) is 0 Å². The smallest absolute Gasteiger partial charge is 0.0314 e. The summed E-state index contributed by atoms with van der Waals surface area (Å²) in [5.74, 6) is 0. The zero-order valence-corrected chi connectivity index (χ0v) is 12.2. The number of nitrogens with zero attached hydrogens (tertiary/aromatic N) is 1. The van der Waals surface area contributed by atoms with Gasteiger partial charge < -0.3 is 5.32 Å². The van der Waals surface area contributed by atoms with Gasteiger partial charge >= 0.3 is 0 Å². The van der Waals surface area contributed by atoms with E-state index in [1.807, 2.05) is 0 Å². The predicted octanol–water partition coefficient (Wildman–Crippen LogP) is 3.17. The minimum atomic E-state index is 0.277. The molecule has 2 rings (SSSR count). The zero-order valence-electron chi connectivity index (χ0n) is 12.2. The second-order valence-electron chi connectivity index (χ2n) is 7.01. The first-order valence-corrected chi connectivity index (χ1v) is 7.50. The van der Waals surface area contributed by atoms with Crippen molar-refractivity contribution in [2.24, 2.45) is 0 Å². The van der Waals surface area contributed by atoms with Crippen LogP contribution in [0.2, 0.25) is 0 Å². The number of rotatable bonds is 2. The molecule has 0 amide bonds. The van der Waals surface area contributed by atoms with Gasteiger partial charge in [-0.05, 0) is 40.0 Å². The van der Waals surface area contributed by atoms with Crippen molar-refractivity contribution in [3.05, 3.63) is 0 Å². The molecule has 2 aliphatic rings. The van der Waals surface area contributed by atoms with Crippen molar-refractivity contribution >= 4 is 0 Å². The van der Waals surface area contributed by atoms with Gasteiger partial charge in [-0.3, -0.25) is 4.90 Å². The molecule has 0 bridgehead atoms. The topological polar surface area (TPSA) is 15.3 Å². The monoisotopic (exact) mass is 238 g/mol. The maximum absolute atomic E-state index is 3.98. The van der Waals surface area contributed by atoms with Crippen LogP contribution in [0.1, 0.15) is 66.2 Å². The third-order valence-corrected chi connectivity index (χ3v) is 4.73. The largest absolute Gasteiger partial charge is 0.304 e. The molecule has 1 atom stereocenters. The lowest BCUT2D eigenvalue weighted by Gasteiger charge is -2.54. The standard InChI is InChI=1S/C15H30N2/c1-5-13(2)17-11-14(3,4)16-15(12-17)9-7-6-8-10-15/h13,16H,5-12H2,1-4H3. The second-order valence-corrected chi connectivity index (χ2v) is 7.01. The number of hydrogen-bond acceptors (Lipinski definition) is 2. The molecule has 2 fully saturated rings. The van der Waals surface area contributed by atoms with Crippen LogP contribution in [0.15, 0.2) is 0 Å². The minimum Gasteiger partial charge on any atom is -0.304 e. The van der Waals surface area contributed by atoms with E-state index >= 15 is 0 Å². The zero-order chi connectivity index (χ0) is 12.5. The van der Waals surface area contributed by atoms with Crippen LogP contribution >= 0.6 is 0 Å². The molecule has 1 spiro atoms. The molecule has 0 aromatic heterocycles. The molecule has 0 aromatic carbocycles. The van der Waals surface area contributed by atoms with Crippen molar-refractivity contribution in [2.45, 2.75) is 83.3 Å². The van der Waals surface area contributed by atoms with E-state index in [1.165, 1.54) is 51.6 Å². The fourth-order valence-electron chi connectivity index (χ4n) is 3.83. The van der Waals surface area contributed by atoms with E-state index in [0.29, 0.717) is 5.54 Å². The molecule has 100 valence electrons. The van der Waals surface area contributed by atoms with Crippen molar-refractivity contribution in [2.75, 3.05) is 13.1 Å². The molecule has 17 heavy (non-hydrogen) atoms. The van der Waals surface area contributed by atoms with Gasteiger partial charge in [-0.15, -0.1) is 0 Å². The summed E-state index contributed by atoms with van der Waals surface area (Å²) in [7, 11) is 0. The van der Waals surface area contributed by atoms with Crippen LogP contribution in [0.3, 0.4) is 0 Å². The Morgan fingerprint density at radius 3 is 2.35 bits per heavy atom. The lowest BCUT2D eigenvalue weighted by atomic mass is 9.77. The van der Waals surface area contributed by atoms with Gasteiger partial charge in [0.15, 0.2) is 0 Å². The van der Waals surface area contributed by atoms with Crippen molar-refractivity contribution < 1.29 is 0 Å². The summed E-state index contributed by atoms with van der Waals surface area (Å²) in [5, 5.41) is 3.98. The van der Waals surface area contributed by atoms with Crippen molar-refractivity contribution in [1.82, 2.24) is 10.2 Å². The molecule has 1 unspecified atom stereocenters. The van der Waals surface area contributed by atoms with Gasteiger partial charge in [-0.25, -0.2) is 0 Å². The first-order valence-electron chi connectivity index (χ1n) is 7.50. The van der Waals surface area contributed by atoms with Crippen LogP contribution in [0.5, 0.6) is 0 Å². The van der Waals surface area contributed by atoms with Crippen LogP contribution in [0.25, 0.3) is 0 Å². The highest BCUT2D eigenvalue weighted by Crippen LogP contribution is 2.35. The van der Waals surface area contributed by atoms with Gasteiger partial charge in [0.05, 0.1) is 0 Å². The summed E-state index contributed by atoms with van der Waals surface area (Å²) < 4.78 is 0. The maximum Gasteiger partial charge on any atom is 0.0314 e. The number of hydrogen-bond donors (Lipinski definition) is 1. The van der Waals surface area contributed by atoms with Crippen LogP contribution in [0.4, 0.5) is 0 Å². The SMILES string of the molecule is CCC(C)N1CC(C)(C)NC2(CCCCC2)C1. The fourth-order valence-corrected chi connectivity index (χ4v) is 3.83. The summed E-state index contributed by atoms with van der Waals surface area (Å²) in [4.78, 5) is 2.72. The highest BCUT2D eigenvalue weighted by molar-refractivity contribution is 5.04. The summed E-state index contributed by atoms with van der Waals surface area (Å²) in [5.41, 5.74) is 0.697. The Morgan fingerprint density at radius 2 is 1.76 bits per heavy atom. The van der Waals surface area contributed by atoms with Crippen molar-refractivity contribution in [3.63, 3.8) is 0 Å². The van der Waals surface area contributed by atoms with Gasteiger partial charge in [-0.1, -0.05) is 26.2 Å². The first-order chi connectivity index (χ1) is 7.96. The lowest BCUT2D eigenvalue weighted by Crippen LogP contribution is -2.70. The number of piperazine rings is 1. The Bertz CT molecular complexity index is 254. The molecule has 0 aromatic rings. The molecule has 1 saturated carbocycles. The van der Waals surface area contributed by atoms with E-state index in [-0.39, 0.29) is 5.54 Å². The quantitative estimate of drug-likeness (QED) is 0.795. The van der Waals surface area contributed by atoms with E-state index < -0.39 is 0 Å². The molecule has 1 N–H and O–H groups in total. The van der Waals surface area contributed by atoms with E-state index in [1.54, 1.807) is 0 Å².